The molecule has 0 saturated carbocycles. The maximum absolute atomic E-state index is 10.9. The van der Waals surface area contributed by atoms with Crippen LogP contribution in [0.15, 0.2) is 18.2 Å². The van der Waals surface area contributed by atoms with E-state index >= 15 is 0 Å². The summed E-state index contributed by atoms with van der Waals surface area (Å²) < 4.78 is 0. The van der Waals surface area contributed by atoms with E-state index in [1.54, 1.807) is 19.1 Å². The van der Waals surface area contributed by atoms with Gasteiger partial charge < -0.3 is 10.2 Å². The highest BCUT2D eigenvalue weighted by Crippen LogP contribution is 2.24. The monoisotopic (exact) mass is 277 g/mol. The van der Waals surface area contributed by atoms with Crippen LogP contribution < -0.4 is 5.32 Å². The first-order valence-electron chi connectivity index (χ1n) is 7.39. The molecule has 5 nitrogen and oxygen atoms in total. The van der Waals surface area contributed by atoms with Gasteiger partial charge >= 0.3 is 0 Å². The molecule has 0 atom stereocenters. The third kappa shape index (κ3) is 3.93. The van der Waals surface area contributed by atoms with Crippen molar-refractivity contribution < 1.29 is 4.92 Å². The molecule has 5 heteroatoms. The van der Waals surface area contributed by atoms with Crippen LogP contribution in [-0.4, -0.2) is 36.0 Å². The van der Waals surface area contributed by atoms with Gasteiger partial charge in [-0.2, -0.15) is 0 Å². The van der Waals surface area contributed by atoms with Crippen molar-refractivity contribution in [2.24, 2.45) is 0 Å². The second-order valence-electron chi connectivity index (χ2n) is 5.39. The van der Waals surface area contributed by atoms with Crippen LogP contribution in [0.2, 0.25) is 0 Å². The molecule has 1 aliphatic rings. The Kier molecular flexibility index (Phi) is 5.35. The lowest BCUT2D eigenvalue weighted by Crippen LogP contribution is -2.30. The Morgan fingerprint density at radius 3 is 2.60 bits per heavy atom. The number of rotatable bonds is 5. The first-order valence-corrected chi connectivity index (χ1v) is 7.39. The first-order chi connectivity index (χ1) is 9.68. The zero-order chi connectivity index (χ0) is 14.4. The summed E-state index contributed by atoms with van der Waals surface area (Å²) in [5, 5.41) is 14.2. The van der Waals surface area contributed by atoms with Crippen LogP contribution in [0.5, 0.6) is 0 Å². The van der Waals surface area contributed by atoms with E-state index in [9.17, 15) is 10.1 Å². The first kappa shape index (κ1) is 14.8. The Bertz CT molecular complexity index is 454. The Labute approximate surface area is 120 Å². The van der Waals surface area contributed by atoms with Crippen LogP contribution in [-0.2, 0) is 0 Å². The van der Waals surface area contributed by atoms with Crippen LogP contribution in [0.1, 0.15) is 31.2 Å². The van der Waals surface area contributed by atoms with E-state index in [1.165, 1.54) is 38.8 Å². The molecule has 0 radical (unpaired) electrons. The van der Waals surface area contributed by atoms with E-state index in [-0.39, 0.29) is 10.6 Å². The van der Waals surface area contributed by atoms with E-state index in [2.05, 4.69) is 10.2 Å². The summed E-state index contributed by atoms with van der Waals surface area (Å²) in [5.41, 5.74) is 1.77. The van der Waals surface area contributed by atoms with E-state index in [4.69, 9.17) is 0 Å². The number of likely N-dealkylation sites (tertiary alicyclic amines) is 1. The largest absolute Gasteiger partial charge is 0.383 e. The van der Waals surface area contributed by atoms with E-state index in [0.29, 0.717) is 5.56 Å². The molecule has 1 heterocycles. The minimum absolute atomic E-state index is 0.185. The topological polar surface area (TPSA) is 58.4 Å². The maximum atomic E-state index is 10.9. The van der Waals surface area contributed by atoms with Crippen LogP contribution in [0.3, 0.4) is 0 Å². The summed E-state index contributed by atoms with van der Waals surface area (Å²) >= 11 is 0. The molecule has 1 aliphatic heterocycles. The fourth-order valence-corrected chi connectivity index (χ4v) is 2.72. The molecule has 1 aromatic rings. The van der Waals surface area contributed by atoms with Crippen molar-refractivity contribution in [1.29, 1.82) is 0 Å². The van der Waals surface area contributed by atoms with E-state index in [0.717, 1.165) is 18.8 Å². The van der Waals surface area contributed by atoms with Gasteiger partial charge in [0, 0.05) is 30.4 Å². The van der Waals surface area contributed by atoms with Crippen LogP contribution >= 0.6 is 0 Å². The molecule has 1 saturated heterocycles. The Hall–Kier alpha value is -1.62. The molecule has 0 aromatic heterocycles. The molecule has 0 bridgehead atoms. The fourth-order valence-electron chi connectivity index (χ4n) is 2.72. The summed E-state index contributed by atoms with van der Waals surface area (Å²) in [7, 11) is 0. The van der Waals surface area contributed by atoms with Gasteiger partial charge in [0.15, 0.2) is 0 Å². The van der Waals surface area contributed by atoms with Gasteiger partial charge in [0.1, 0.15) is 0 Å². The molecule has 1 N–H and O–H groups in total. The molecule has 0 spiro atoms. The number of benzene rings is 1. The molecule has 0 unspecified atom stereocenters. The minimum atomic E-state index is -0.324. The molecular formula is C15H23N3O2. The van der Waals surface area contributed by atoms with E-state index in [1.807, 2.05) is 6.07 Å². The zero-order valence-corrected chi connectivity index (χ0v) is 12.1. The summed E-state index contributed by atoms with van der Waals surface area (Å²) in [5.74, 6) is 0. The third-order valence-electron chi connectivity index (χ3n) is 3.94. The van der Waals surface area contributed by atoms with Crippen LogP contribution in [0.25, 0.3) is 0 Å². The van der Waals surface area contributed by atoms with Crippen molar-refractivity contribution in [3.05, 3.63) is 33.9 Å². The summed E-state index contributed by atoms with van der Waals surface area (Å²) in [6, 6.07) is 5.19. The van der Waals surface area contributed by atoms with Gasteiger partial charge in [0.25, 0.3) is 5.69 Å². The molecule has 1 fully saturated rings. The van der Waals surface area contributed by atoms with Crippen molar-refractivity contribution in [2.45, 2.75) is 32.6 Å². The molecule has 0 aliphatic carbocycles. The second kappa shape index (κ2) is 7.24. The van der Waals surface area contributed by atoms with Crippen molar-refractivity contribution >= 4 is 11.4 Å². The average molecular weight is 277 g/mol. The molecule has 0 amide bonds. The fraction of sp³-hybridized carbons (Fsp3) is 0.600. The Morgan fingerprint density at radius 2 is 1.95 bits per heavy atom. The van der Waals surface area contributed by atoms with Gasteiger partial charge in [-0.05, 0) is 38.9 Å². The zero-order valence-electron chi connectivity index (χ0n) is 12.1. The summed E-state index contributed by atoms with van der Waals surface area (Å²) in [6.07, 6.45) is 5.26. The maximum Gasteiger partial charge on any atom is 0.274 e. The standard InChI is InChI=1S/C15H23N3O2/c1-13-14(7-6-8-15(13)18(19)20)16-9-12-17-10-4-2-3-5-11-17/h6-8,16H,2-5,9-12H2,1H3. The molecule has 110 valence electrons. The highest BCUT2D eigenvalue weighted by Gasteiger charge is 2.13. The highest BCUT2D eigenvalue weighted by atomic mass is 16.6. The molecule has 20 heavy (non-hydrogen) atoms. The van der Waals surface area contributed by atoms with Crippen LogP contribution in [0.4, 0.5) is 11.4 Å². The quantitative estimate of drug-likeness (QED) is 0.663. The number of nitrogens with zero attached hydrogens (tertiary/aromatic N) is 2. The van der Waals surface area contributed by atoms with Crippen LogP contribution in [0, 0.1) is 17.0 Å². The number of hydrogen-bond donors (Lipinski definition) is 1. The van der Waals surface area contributed by atoms with Crippen molar-refractivity contribution in [2.75, 3.05) is 31.5 Å². The lowest BCUT2D eigenvalue weighted by molar-refractivity contribution is -0.385. The summed E-state index contributed by atoms with van der Waals surface area (Å²) in [6.45, 7) is 5.99. The van der Waals surface area contributed by atoms with Gasteiger partial charge in [-0.3, -0.25) is 10.1 Å². The number of hydrogen-bond acceptors (Lipinski definition) is 4. The lowest BCUT2D eigenvalue weighted by Gasteiger charge is -2.20. The molecule has 1 aromatic carbocycles. The van der Waals surface area contributed by atoms with Gasteiger partial charge in [-0.1, -0.05) is 18.9 Å². The van der Waals surface area contributed by atoms with Gasteiger partial charge in [0.2, 0.25) is 0 Å². The predicted octanol–water partition coefficient (Wildman–Crippen LogP) is 3.19. The Balaban J connectivity index is 1.87. The lowest BCUT2D eigenvalue weighted by atomic mass is 10.1. The van der Waals surface area contributed by atoms with E-state index < -0.39 is 0 Å². The third-order valence-corrected chi connectivity index (χ3v) is 3.94. The van der Waals surface area contributed by atoms with Gasteiger partial charge in [-0.15, -0.1) is 0 Å². The minimum Gasteiger partial charge on any atom is -0.383 e. The van der Waals surface area contributed by atoms with Crippen molar-refractivity contribution in [3.8, 4) is 0 Å². The number of nitro benzene ring substituents is 1. The predicted molar refractivity (Wildman–Crippen MR) is 81.2 cm³/mol. The second-order valence-corrected chi connectivity index (χ2v) is 5.39. The molecule has 2 rings (SSSR count). The average Bonchev–Trinajstić information content (AvgIpc) is 2.69. The smallest absolute Gasteiger partial charge is 0.274 e. The highest BCUT2D eigenvalue weighted by molar-refractivity contribution is 5.59. The SMILES string of the molecule is Cc1c(NCCN2CCCCCC2)cccc1[N+](=O)[O-]. The number of nitrogens with one attached hydrogen (secondary N) is 1. The summed E-state index contributed by atoms with van der Waals surface area (Å²) in [4.78, 5) is 13.1. The van der Waals surface area contributed by atoms with Gasteiger partial charge in [-0.25, -0.2) is 0 Å². The van der Waals surface area contributed by atoms with Gasteiger partial charge in [0.05, 0.1) is 4.92 Å². The molecular weight excluding hydrogens is 254 g/mol. The Morgan fingerprint density at radius 1 is 1.25 bits per heavy atom. The number of nitro groups is 1. The van der Waals surface area contributed by atoms with Crippen molar-refractivity contribution in [1.82, 2.24) is 4.90 Å². The van der Waals surface area contributed by atoms with Crippen molar-refractivity contribution in [3.63, 3.8) is 0 Å². The normalized spacial score (nSPS) is 16.6. The number of anilines is 1.